The molecule has 242 valence electrons. The smallest absolute Gasteiger partial charge is 0.0490 e. The Morgan fingerprint density at radius 2 is 1.30 bits per heavy atom. The SMILES string of the molecule is C=C/C=C(\C=C1/Cc2ccccc2C1(C)C)N(c1ccc2c(c1)Cc1cccc(-c3ccc4c(c3)Cc3ccccc3-4)c1-2)c1ccccc1C. The molecule has 9 rings (SSSR count). The number of para-hydroxylation sites is 1. The molecule has 0 aromatic heterocycles. The minimum Gasteiger partial charge on any atom is -0.310 e. The fourth-order valence-corrected chi connectivity index (χ4v) is 8.78. The number of rotatable bonds is 6. The van der Waals surface area contributed by atoms with Crippen LogP contribution in [0, 0.1) is 6.92 Å². The Bertz CT molecular complexity index is 2420. The van der Waals surface area contributed by atoms with Crippen molar-refractivity contribution in [2.45, 2.75) is 45.4 Å². The Hall–Kier alpha value is -5.66. The fraction of sp³-hybridized carbons (Fsp3) is 0.143. The van der Waals surface area contributed by atoms with E-state index in [0.29, 0.717) is 0 Å². The number of benzene rings is 6. The predicted molar refractivity (Wildman–Crippen MR) is 211 cm³/mol. The van der Waals surface area contributed by atoms with Crippen molar-refractivity contribution in [2.75, 3.05) is 4.90 Å². The lowest BCUT2D eigenvalue weighted by Gasteiger charge is -2.30. The van der Waals surface area contributed by atoms with Crippen molar-refractivity contribution < 1.29 is 0 Å². The number of aryl methyl sites for hydroxylation is 1. The van der Waals surface area contributed by atoms with Crippen LogP contribution in [0.4, 0.5) is 11.4 Å². The minimum absolute atomic E-state index is 0.0510. The second-order valence-corrected chi connectivity index (χ2v) is 14.6. The molecular weight excluding hydrogens is 603 g/mol. The summed E-state index contributed by atoms with van der Waals surface area (Å²) in [5.41, 5.74) is 22.6. The molecule has 1 nitrogen and oxygen atoms in total. The van der Waals surface area contributed by atoms with Gasteiger partial charge in [-0.05, 0) is 129 Å². The number of nitrogens with zero attached hydrogens (tertiary/aromatic N) is 1. The van der Waals surface area contributed by atoms with Crippen LogP contribution in [0.25, 0.3) is 33.4 Å². The number of anilines is 2. The van der Waals surface area contributed by atoms with Crippen LogP contribution in [-0.2, 0) is 24.7 Å². The maximum atomic E-state index is 4.17. The molecule has 0 saturated carbocycles. The highest BCUT2D eigenvalue weighted by Gasteiger charge is 2.35. The Balaban J connectivity index is 1.13. The summed E-state index contributed by atoms with van der Waals surface area (Å²) in [7, 11) is 0. The van der Waals surface area contributed by atoms with Gasteiger partial charge in [0.1, 0.15) is 0 Å². The maximum Gasteiger partial charge on any atom is 0.0490 e. The largest absolute Gasteiger partial charge is 0.310 e. The molecule has 3 aliphatic rings. The molecule has 50 heavy (non-hydrogen) atoms. The molecule has 0 saturated heterocycles. The van der Waals surface area contributed by atoms with E-state index in [4.69, 9.17) is 0 Å². The van der Waals surface area contributed by atoms with Crippen LogP contribution in [0.3, 0.4) is 0 Å². The summed E-state index contributed by atoms with van der Waals surface area (Å²) in [6.07, 6.45) is 9.40. The first kappa shape index (κ1) is 30.4. The average molecular weight is 644 g/mol. The molecule has 0 N–H and O–H groups in total. The van der Waals surface area contributed by atoms with Gasteiger partial charge in [-0.15, -0.1) is 0 Å². The molecule has 0 heterocycles. The third kappa shape index (κ3) is 4.83. The van der Waals surface area contributed by atoms with Crippen molar-refractivity contribution in [3.63, 3.8) is 0 Å². The zero-order valence-electron chi connectivity index (χ0n) is 29.1. The van der Waals surface area contributed by atoms with E-state index >= 15 is 0 Å². The third-order valence-electron chi connectivity index (χ3n) is 11.4. The van der Waals surface area contributed by atoms with E-state index in [-0.39, 0.29) is 5.41 Å². The molecule has 0 fully saturated rings. The average Bonchev–Trinajstić information content (AvgIpc) is 3.77. The van der Waals surface area contributed by atoms with Crippen molar-refractivity contribution in [3.05, 3.63) is 202 Å². The first-order valence-electron chi connectivity index (χ1n) is 17.9. The standard InChI is InChI=1S/C49H41N/c1-5-13-40(31-39-29-35-16-8-10-20-46(35)49(39,3)4)50(47-21-11-6-14-32(47)2)41-23-25-45-38(30-41)28-36-17-12-19-44(48(36)45)34-22-24-43-37(27-34)26-33-15-7-9-18-42(33)43/h5-25,27,30-31H,1,26,28-29H2,2-4H3/b39-31+,40-13+. The highest BCUT2D eigenvalue weighted by molar-refractivity contribution is 5.93. The number of hydrogen-bond acceptors (Lipinski definition) is 1. The highest BCUT2D eigenvalue weighted by Crippen LogP contribution is 2.48. The van der Waals surface area contributed by atoms with E-state index in [0.717, 1.165) is 25.0 Å². The van der Waals surface area contributed by atoms with E-state index in [2.05, 4.69) is 172 Å². The van der Waals surface area contributed by atoms with Gasteiger partial charge in [-0.3, -0.25) is 0 Å². The fourth-order valence-electron chi connectivity index (χ4n) is 8.78. The van der Waals surface area contributed by atoms with Crippen LogP contribution in [-0.4, -0.2) is 0 Å². The zero-order chi connectivity index (χ0) is 34.0. The molecular formula is C49H41N. The van der Waals surface area contributed by atoms with Crippen LogP contribution in [0.5, 0.6) is 0 Å². The van der Waals surface area contributed by atoms with Crippen LogP contribution < -0.4 is 4.90 Å². The van der Waals surface area contributed by atoms with Gasteiger partial charge in [-0.1, -0.05) is 141 Å². The third-order valence-corrected chi connectivity index (χ3v) is 11.4. The molecule has 0 aliphatic heterocycles. The summed E-state index contributed by atoms with van der Waals surface area (Å²) in [5.74, 6) is 0. The van der Waals surface area contributed by atoms with Crippen LogP contribution in [0.1, 0.15) is 52.8 Å². The second-order valence-electron chi connectivity index (χ2n) is 14.6. The molecule has 0 amide bonds. The molecule has 0 spiro atoms. The molecule has 1 heteroatoms. The monoisotopic (exact) mass is 643 g/mol. The van der Waals surface area contributed by atoms with E-state index in [1.807, 2.05) is 6.08 Å². The molecule has 6 aromatic carbocycles. The Morgan fingerprint density at radius 1 is 0.620 bits per heavy atom. The lowest BCUT2D eigenvalue weighted by molar-refractivity contribution is 0.643. The summed E-state index contributed by atoms with van der Waals surface area (Å²) in [5, 5.41) is 0. The molecule has 0 radical (unpaired) electrons. The Labute approximate surface area is 296 Å². The van der Waals surface area contributed by atoms with Crippen molar-refractivity contribution in [3.8, 4) is 33.4 Å². The number of fused-ring (bicyclic) bond motifs is 7. The highest BCUT2D eigenvalue weighted by atomic mass is 15.1. The van der Waals surface area contributed by atoms with Gasteiger partial charge in [0.2, 0.25) is 0 Å². The lowest BCUT2D eigenvalue weighted by atomic mass is 9.82. The van der Waals surface area contributed by atoms with Gasteiger partial charge in [0.25, 0.3) is 0 Å². The van der Waals surface area contributed by atoms with E-state index < -0.39 is 0 Å². The minimum atomic E-state index is -0.0510. The summed E-state index contributed by atoms with van der Waals surface area (Å²) in [6.45, 7) is 11.1. The van der Waals surface area contributed by atoms with Crippen molar-refractivity contribution in [1.29, 1.82) is 0 Å². The quantitative estimate of drug-likeness (QED) is 0.163. The van der Waals surface area contributed by atoms with Gasteiger partial charge in [0.05, 0.1) is 0 Å². The number of allylic oxidation sites excluding steroid dienone is 4. The van der Waals surface area contributed by atoms with Crippen LogP contribution in [0.2, 0.25) is 0 Å². The summed E-state index contributed by atoms with van der Waals surface area (Å²) >= 11 is 0. The van der Waals surface area contributed by atoms with Crippen molar-refractivity contribution >= 4 is 11.4 Å². The summed E-state index contributed by atoms with van der Waals surface area (Å²) in [6, 6.07) is 47.5. The van der Waals surface area contributed by atoms with Gasteiger partial charge in [0.15, 0.2) is 0 Å². The summed E-state index contributed by atoms with van der Waals surface area (Å²) in [4.78, 5) is 2.44. The van der Waals surface area contributed by atoms with Gasteiger partial charge < -0.3 is 4.90 Å². The molecule has 6 aromatic rings. The van der Waals surface area contributed by atoms with Crippen molar-refractivity contribution in [1.82, 2.24) is 0 Å². The van der Waals surface area contributed by atoms with Crippen LogP contribution in [0.15, 0.2) is 163 Å². The summed E-state index contributed by atoms with van der Waals surface area (Å²) < 4.78 is 0. The van der Waals surface area contributed by atoms with Gasteiger partial charge in [-0.2, -0.15) is 0 Å². The van der Waals surface area contributed by atoms with E-state index in [9.17, 15) is 0 Å². The maximum absolute atomic E-state index is 4.17. The first-order chi connectivity index (χ1) is 24.4. The zero-order valence-corrected chi connectivity index (χ0v) is 29.1. The van der Waals surface area contributed by atoms with Gasteiger partial charge in [-0.25, -0.2) is 0 Å². The molecule has 0 unspecified atom stereocenters. The van der Waals surface area contributed by atoms with E-state index in [1.165, 1.54) is 89.3 Å². The van der Waals surface area contributed by atoms with Crippen LogP contribution >= 0.6 is 0 Å². The topological polar surface area (TPSA) is 3.24 Å². The predicted octanol–water partition coefficient (Wildman–Crippen LogP) is 12.5. The first-order valence-corrected chi connectivity index (χ1v) is 17.9. The second kappa shape index (κ2) is 11.7. The van der Waals surface area contributed by atoms with Gasteiger partial charge in [0, 0.05) is 22.5 Å². The van der Waals surface area contributed by atoms with Crippen molar-refractivity contribution in [2.24, 2.45) is 0 Å². The van der Waals surface area contributed by atoms with Gasteiger partial charge >= 0.3 is 0 Å². The van der Waals surface area contributed by atoms with E-state index in [1.54, 1.807) is 0 Å². The molecule has 0 bridgehead atoms. The Kier molecular flexibility index (Phi) is 7.14. The molecule has 3 aliphatic carbocycles. The number of hydrogen-bond donors (Lipinski definition) is 0. The normalized spacial score (nSPS) is 15.7. The lowest BCUT2D eigenvalue weighted by Crippen LogP contribution is -2.20. The Morgan fingerprint density at radius 3 is 2.14 bits per heavy atom. The molecule has 0 atom stereocenters.